The van der Waals surface area contributed by atoms with Gasteiger partial charge < -0.3 is 0 Å². The molecule has 10 heavy (non-hydrogen) atoms. The van der Waals surface area contributed by atoms with Crippen molar-refractivity contribution >= 4 is 63.5 Å². The van der Waals surface area contributed by atoms with Crippen LogP contribution in [0.25, 0.3) is 0 Å². The summed E-state index contributed by atoms with van der Waals surface area (Å²) in [5, 5.41) is 2.95. The molecule has 0 atom stereocenters. The quantitative estimate of drug-likeness (QED) is 0.449. The van der Waals surface area contributed by atoms with E-state index in [1.54, 1.807) is 21.8 Å². The van der Waals surface area contributed by atoms with Gasteiger partial charge in [0.2, 0.25) is 0 Å². The molecule has 1 aromatic rings. The van der Waals surface area contributed by atoms with Gasteiger partial charge in [-0.05, 0) is 12.3 Å². The Morgan fingerprint density at radius 3 is 2.80 bits per heavy atom. The Labute approximate surface area is 95.0 Å². The molecule has 6 heteroatoms. The summed E-state index contributed by atoms with van der Waals surface area (Å²) in [7, 11) is 3.28. The van der Waals surface area contributed by atoms with Gasteiger partial charge in [-0.15, -0.1) is 0 Å². The number of H-pyrrole nitrogens is 1. The van der Waals surface area contributed by atoms with Crippen molar-refractivity contribution in [2.24, 2.45) is 0 Å². The van der Waals surface area contributed by atoms with Crippen LogP contribution in [0, 0.1) is 4.64 Å². The van der Waals surface area contributed by atoms with E-state index >= 15 is 0 Å². The molecule has 1 radical (unpaired) electrons. The zero-order valence-corrected chi connectivity index (χ0v) is 10.3. The van der Waals surface area contributed by atoms with E-state index in [1.165, 1.54) is 0 Å². The first-order chi connectivity index (χ1) is 4.33. The standard InChI is InChI=1S/C4H6N2S3.Na/c1-8-9-6-3-2-4(7)5-6;/h2-3H,1H3,(H,5,7);. The normalized spacial score (nSPS) is 8.90. The Balaban J connectivity index is 0.000000810. The summed E-state index contributed by atoms with van der Waals surface area (Å²) in [4.78, 5) is 0. The molecule has 1 heterocycles. The van der Waals surface area contributed by atoms with E-state index < -0.39 is 0 Å². The van der Waals surface area contributed by atoms with Crippen molar-refractivity contribution in [3.05, 3.63) is 16.9 Å². The summed E-state index contributed by atoms with van der Waals surface area (Å²) in [5.74, 6) is 0. The molecule has 0 spiro atoms. The van der Waals surface area contributed by atoms with Crippen LogP contribution in [0.2, 0.25) is 0 Å². The van der Waals surface area contributed by atoms with Gasteiger partial charge in [-0.2, -0.15) is 0 Å². The third-order valence-electron chi connectivity index (χ3n) is 0.737. The largest absolute Gasteiger partial charge is 0.277 e. The van der Waals surface area contributed by atoms with Crippen LogP contribution in [0.1, 0.15) is 0 Å². The molecule has 0 aliphatic heterocycles. The van der Waals surface area contributed by atoms with Gasteiger partial charge in [0.1, 0.15) is 4.64 Å². The number of hydrogen-bond acceptors (Lipinski definition) is 3. The molecule has 2 nitrogen and oxygen atoms in total. The van der Waals surface area contributed by atoms with Crippen LogP contribution in [-0.2, 0) is 0 Å². The Morgan fingerprint density at radius 1 is 1.70 bits per heavy atom. The van der Waals surface area contributed by atoms with Gasteiger partial charge >= 0.3 is 0 Å². The predicted molar refractivity (Wildman–Crippen MR) is 51.9 cm³/mol. The van der Waals surface area contributed by atoms with Crippen LogP contribution in [-0.4, -0.2) is 45.0 Å². The van der Waals surface area contributed by atoms with Gasteiger partial charge in [0.15, 0.2) is 0 Å². The van der Waals surface area contributed by atoms with Crippen molar-refractivity contribution < 1.29 is 0 Å². The third kappa shape index (κ3) is 3.50. The number of nitrogens with one attached hydrogen (secondary N) is 1. The van der Waals surface area contributed by atoms with Crippen molar-refractivity contribution in [3.63, 3.8) is 0 Å². The van der Waals surface area contributed by atoms with E-state index in [-0.39, 0.29) is 29.6 Å². The molecular formula is C4H6N2NaS3. The molecule has 0 saturated carbocycles. The maximum Gasteiger partial charge on any atom is 0.120 e. The Hall–Kier alpha value is 1.13. The fourth-order valence-corrected chi connectivity index (χ4v) is 1.81. The minimum absolute atomic E-state index is 0. The van der Waals surface area contributed by atoms with Gasteiger partial charge in [0.05, 0.1) is 0 Å². The second kappa shape index (κ2) is 5.74. The Bertz CT molecular complexity index is 230. The van der Waals surface area contributed by atoms with Crippen molar-refractivity contribution in [1.29, 1.82) is 0 Å². The monoisotopic (exact) mass is 201 g/mol. The average Bonchev–Trinajstić information content (AvgIpc) is 2.17. The first-order valence-electron chi connectivity index (χ1n) is 2.32. The van der Waals surface area contributed by atoms with E-state index in [4.69, 9.17) is 12.2 Å². The minimum Gasteiger partial charge on any atom is -0.277 e. The molecular weight excluding hydrogens is 195 g/mol. The summed E-state index contributed by atoms with van der Waals surface area (Å²) in [6.45, 7) is 0. The number of aromatic nitrogens is 2. The van der Waals surface area contributed by atoms with Crippen LogP contribution in [0.15, 0.2) is 12.3 Å². The Morgan fingerprint density at radius 2 is 2.40 bits per heavy atom. The fraction of sp³-hybridized carbons (Fsp3) is 0.250. The summed E-state index contributed by atoms with van der Waals surface area (Å²) >= 11 is 4.85. The molecule has 1 rings (SSSR count). The second-order valence-electron chi connectivity index (χ2n) is 1.36. The van der Waals surface area contributed by atoms with E-state index in [0.29, 0.717) is 0 Å². The topological polar surface area (TPSA) is 20.7 Å². The van der Waals surface area contributed by atoms with Crippen LogP contribution >= 0.6 is 34.0 Å². The Kier molecular flexibility index (Phi) is 6.39. The van der Waals surface area contributed by atoms with Gasteiger partial charge in [0, 0.05) is 46.7 Å². The number of hydrogen-bond donors (Lipinski definition) is 1. The van der Waals surface area contributed by atoms with Gasteiger partial charge in [-0.25, -0.2) is 4.09 Å². The summed E-state index contributed by atoms with van der Waals surface area (Å²) in [6.07, 6.45) is 3.92. The van der Waals surface area contributed by atoms with Crippen LogP contribution < -0.4 is 0 Å². The molecule has 0 saturated heterocycles. The molecule has 0 aliphatic carbocycles. The molecule has 1 N–H and O–H groups in total. The van der Waals surface area contributed by atoms with Crippen molar-refractivity contribution in [3.8, 4) is 0 Å². The minimum atomic E-state index is 0. The molecule has 0 amide bonds. The zero-order chi connectivity index (χ0) is 6.69. The van der Waals surface area contributed by atoms with Crippen LogP contribution in [0.4, 0.5) is 0 Å². The van der Waals surface area contributed by atoms with E-state index in [9.17, 15) is 0 Å². The molecule has 0 bridgehead atoms. The smallest absolute Gasteiger partial charge is 0.120 e. The summed E-state index contributed by atoms with van der Waals surface area (Å²) in [6, 6.07) is 1.86. The molecule has 0 aromatic carbocycles. The maximum absolute atomic E-state index is 4.85. The van der Waals surface area contributed by atoms with Gasteiger partial charge in [0.25, 0.3) is 0 Å². The first kappa shape index (κ1) is 11.1. The zero-order valence-electron chi connectivity index (χ0n) is 5.83. The number of rotatable bonds is 2. The summed E-state index contributed by atoms with van der Waals surface area (Å²) in [5.41, 5.74) is 0. The second-order valence-corrected chi connectivity index (χ2v) is 4.12. The van der Waals surface area contributed by atoms with Crippen molar-refractivity contribution in [2.45, 2.75) is 0 Å². The van der Waals surface area contributed by atoms with E-state index in [1.807, 2.05) is 22.6 Å². The van der Waals surface area contributed by atoms with Crippen molar-refractivity contribution in [1.82, 2.24) is 9.19 Å². The molecule has 1 aromatic heterocycles. The molecule has 0 unspecified atom stereocenters. The first-order valence-corrected chi connectivity index (χ1v) is 5.24. The number of aromatic amines is 1. The fourth-order valence-electron chi connectivity index (χ4n) is 0.442. The van der Waals surface area contributed by atoms with Crippen LogP contribution in [0.3, 0.4) is 0 Å². The number of nitrogens with zero attached hydrogens (tertiary/aromatic N) is 1. The molecule has 0 aliphatic rings. The van der Waals surface area contributed by atoms with Crippen molar-refractivity contribution in [2.75, 3.05) is 6.26 Å². The van der Waals surface area contributed by atoms with E-state index in [2.05, 4.69) is 5.10 Å². The predicted octanol–water partition coefficient (Wildman–Crippen LogP) is 1.94. The molecule has 0 fully saturated rings. The SMILES string of the molecule is CSSn1ccc(=S)[nH]1.[Na]. The maximum atomic E-state index is 4.85. The van der Waals surface area contributed by atoms with Gasteiger partial charge in [-0.3, -0.25) is 5.10 Å². The summed E-state index contributed by atoms with van der Waals surface area (Å²) < 4.78 is 2.64. The molecule has 51 valence electrons. The average molecular weight is 201 g/mol. The van der Waals surface area contributed by atoms with Crippen LogP contribution in [0.5, 0.6) is 0 Å². The third-order valence-corrected chi connectivity index (χ3v) is 2.42. The van der Waals surface area contributed by atoms with Gasteiger partial charge in [-0.1, -0.05) is 23.0 Å². The van der Waals surface area contributed by atoms with E-state index in [0.717, 1.165) is 4.64 Å².